The maximum absolute atomic E-state index is 11.9. The van der Waals surface area contributed by atoms with Crippen LogP contribution in [0.5, 0.6) is 0 Å². The van der Waals surface area contributed by atoms with Crippen LogP contribution < -0.4 is 0 Å². The molecule has 2 nitrogen and oxygen atoms in total. The summed E-state index contributed by atoms with van der Waals surface area (Å²) >= 11 is 0. The Balaban J connectivity index is 2.30. The molecule has 2 atom stereocenters. The monoisotopic (exact) mass is 247 g/mol. The molecule has 18 heavy (non-hydrogen) atoms. The highest BCUT2D eigenvalue weighted by molar-refractivity contribution is 5.98. The van der Waals surface area contributed by atoms with Gasteiger partial charge in [-0.3, -0.25) is 4.79 Å². The summed E-state index contributed by atoms with van der Waals surface area (Å²) in [6.07, 6.45) is 5.25. The van der Waals surface area contributed by atoms with Crippen molar-refractivity contribution in [2.24, 2.45) is 5.92 Å². The van der Waals surface area contributed by atoms with Gasteiger partial charge in [-0.1, -0.05) is 20.3 Å². The number of hydrogen-bond acceptors (Lipinski definition) is 1. The lowest BCUT2D eigenvalue weighted by molar-refractivity contribution is 0.0971. The van der Waals surface area contributed by atoms with Crippen molar-refractivity contribution in [2.45, 2.75) is 65.8 Å². The fourth-order valence-electron chi connectivity index (χ4n) is 3.22. The first-order chi connectivity index (χ1) is 8.54. The Bertz CT molecular complexity index is 444. The number of nitrogens with zero attached hydrogens (tertiary/aromatic N) is 1. The summed E-state index contributed by atoms with van der Waals surface area (Å²) in [5.41, 5.74) is 3.54. The first-order valence-electron chi connectivity index (χ1n) is 7.28. The van der Waals surface area contributed by atoms with Gasteiger partial charge in [0.2, 0.25) is 0 Å². The average molecular weight is 247 g/mol. The van der Waals surface area contributed by atoms with Crippen molar-refractivity contribution in [2.75, 3.05) is 0 Å². The molecule has 1 aliphatic carbocycles. The van der Waals surface area contributed by atoms with Crippen LogP contribution in [-0.2, 0) is 6.42 Å². The lowest BCUT2D eigenvalue weighted by atomic mass is 9.95. The van der Waals surface area contributed by atoms with Gasteiger partial charge in [0.05, 0.1) is 0 Å². The number of Topliss-reactive ketones (excluding diaryl/α,β-unsaturated/α-hetero) is 1. The first-order valence-corrected chi connectivity index (χ1v) is 7.28. The smallest absolute Gasteiger partial charge is 0.164 e. The van der Waals surface area contributed by atoms with Gasteiger partial charge in [0.15, 0.2) is 5.78 Å². The van der Waals surface area contributed by atoms with Gasteiger partial charge in [-0.15, -0.1) is 0 Å². The van der Waals surface area contributed by atoms with Crippen molar-refractivity contribution in [1.82, 2.24) is 4.57 Å². The fourth-order valence-corrected chi connectivity index (χ4v) is 3.22. The molecule has 0 aliphatic heterocycles. The highest BCUT2D eigenvalue weighted by Gasteiger charge is 2.24. The molecule has 0 saturated heterocycles. The maximum Gasteiger partial charge on any atom is 0.164 e. The van der Waals surface area contributed by atoms with E-state index in [0.29, 0.717) is 11.8 Å². The van der Waals surface area contributed by atoms with Crippen molar-refractivity contribution in [3.63, 3.8) is 0 Å². The van der Waals surface area contributed by atoms with Crippen LogP contribution in [0.4, 0.5) is 0 Å². The molecule has 100 valence electrons. The molecule has 0 saturated carbocycles. The van der Waals surface area contributed by atoms with Gasteiger partial charge >= 0.3 is 0 Å². The van der Waals surface area contributed by atoms with E-state index >= 15 is 0 Å². The van der Waals surface area contributed by atoms with Crippen LogP contribution >= 0.6 is 0 Å². The predicted molar refractivity (Wildman–Crippen MR) is 75.2 cm³/mol. The molecule has 1 aromatic heterocycles. The third kappa shape index (κ3) is 2.38. The Hall–Kier alpha value is -1.05. The predicted octanol–water partition coefficient (Wildman–Crippen LogP) is 4.31. The summed E-state index contributed by atoms with van der Waals surface area (Å²) in [6, 6.07) is 2.61. The molecule has 0 fully saturated rings. The number of aromatic nitrogens is 1. The van der Waals surface area contributed by atoms with E-state index in [1.54, 1.807) is 0 Å². The van der Waals surface area contributed by atoms with Gasteiger partial charge in [-0.2, -0.15) is 0 Å². The van der Waals surface area contributed by atoms with Crippen LogP contribution in [0.3, 0.4) is 0 Å². The molecule has 0 amide bonds. The zero-order chi connectivity index (χ0) is 13.3. The molecule has 0 spiro atoms. The van der Waals surface area contributed by atoms with Crippen molar-refractivity contribution in [1.29, 1.82) is 0 Å². The van der Waals surface area contributed by atoms with E-state index in [0.717, 1.165) is 30.7 Å². The van der Waals surface area contributed by atoms with Crippen molar-refractivity contribution >= 4 is 5.78 Å². The molecule has 1 aliphatic rings. The number of hydrogen-bond donors (Lipinski definition) is 0. The highest BCUT2D eigenvalue weighted by atomic mass is 16.1. The molecule has 0 radical (unpaired) electrons. The van der Waals surface area contributed by atoms with Crippen LogP contribution in [0, 0.1) is 12.8 Å². The van der Waals surface area contributed by atoms with Crippen LogP contribution in [0.15, 0.2) is 6.07 Å². The Morgan fingerprint density at radius 1 is 1.33 bits per heavy atom. The highest BCUT2D eigenvalue weighted by Crippen LogP contribution is 2.30. The normalized spacial score (nSPS) is 18.6. The molecular formula is C16H25NO. The van der Waals surface area contributed by atoms with E-state index < -0.39 is 0 Å². The zero-order valence-corrected chi connectivity index (χ0v) is 12.1. The topological polar surface area (TPSA) is 22.0 Å². The summed E-state index contributed by atoms with van der Waals surface area (Å²) < 4.78 is 2.42. The quantitative estimate of drug-likeness (QED) is 0.777. The molecule has 0 N–H and O–H groups in total. The van der Waals surface area contributed by atoms with Gasteiger partial charge < -0.3 is 4.57 Å². The van der Waals surface area contributed by atoms with E-state index in [9.17, 15) is 4.79 Å². The average Bonchev–Trinajstić information content (AvgIpc) is 2.67. The van der Waals surface area contributed by atoms with Crippen LogP contribution in [0.2, 0.25) is 0 Å². The van der Waals surface area contributed by atoms with Gasteiger partial charge in [0.1, 0.15) is 0 Å². The molecule has 1 aromatic rings. The van der Waals surface area contributed by atoms with Crippen molar-refractivity contribution < 1.29 is 4.79 Å². The second-order valence-corrected chi connectivity index (χ2v) is 5.89. The minimum Gasteiger partial charge on any atom is -0.345 e. The number of aryl methyl sites for hydroxylation is 1. The number of rotatable bonds is 4. The lowest BCUT2D eigenvalue weighted by Gasteiger charge is -2.24. The van der Waals surface area contributed by atoms with E-state index in [4.69, 9.17) is 0 Å². The second kappa shape index (κ2) is 5.29. The van der Waals surface area contributed by atoms with Crippen LogP contribution in [0.1, 0.15) is 74.2 Å². The van der Waals surface area contributed by atoms with Gasteiger partial charge in [-0.25, -0.2) is 0 Å². The molecule has 0 aromatic carbocycles. The van der Waals surface area contributed by atoms with Crippen molar-refractivity contribution in [3.05, 3.63) is 23.0 Å². The summed E-state index contributed by atoms with van der Waals surface area (Å²) in [4.78, 5) is 11.9. The van der Waals surface area contributed by atoms with Gasteiger partial charge in [0, 0.05) is 29.4 Å². The molecule has 0 bridgehead atoms. The van der Waals surface area contributed by atoms with Crippen LogP contribution in [-0.4, -0.2) is 10.4 Å². The Labute approximate surface area is 110 Å². The molecule has 2 unspecified atom stereocenters. The SMILES string of the molecule is CCC(C)CC(C)n1c(C)cc2c1CCCC2=O. The Morgan fingerprint density at radius 2 is 2.06 bits per heavy atom. The minimum absolute atomic E-state index is 0.342. The Kier molecular flexibility index (Phi) is 3.94. The standard InChI is InChI=1S/C16H25NO/c1-5-11(2)9-12(3)17-13(4)10-14-15(17)7-6-8-16(14)18/h10-12H,5-9H2,1-4H3. The first kappa shape index (κ1) is 13.4. The van der Waals surface area contributed by atoms with E-state index in [1.165, 1.54) is 24.2 Å². The summed E-state index contributed by atoms with van der Waals surface area (Å²) in [5, 5.41) is 0. The molecule has 2 heteroatoms. The molecular weight excluding hydrogens is 222 g/mol. The minimum atomic E-state index is 0.342. The Morgan fingerprint density at radius 3 is 2.72 bits per heavy atom. The van der Waals surface area contributed by atoms with Crippen LogP contribution in [0.25, 0.3) is 0 Å². The number of carbonyl (C=O) groups is 1. The van der Waals surface area contributed by atoms with Crippen molar-refractivity contribution in [3.8, 4) is 0 Å². The number of carbonyl (C=O) groups excluding carboxylic acids is 1. The fraction of sp³-hybridized carbons (Fsp3) is 0.688. The van der Waals surface area contributed by atoms with E-state index in [1.807, 2.05) is 0 Å². The lowest BCUT2D eigenvalue weighted by Crippen LogP contribution is -2.17. The zero-order valence-electron chi connectivity index (χ0n) is 12.1. The summed E-state index contributed by atoms with van der Waals surface area (Å²) in [5.74, 6) is 1.09. The van der Waals surface area contributed by atoms with E-state index in [-0.39, 0.29) is 0 Å². The van der Waals surface area contributed by atoms with Gasteiger partial charge in [0.25, 0.3) is 0 Å². The number of ketones is 1. The van der Waals surface area contributed by atoms with E-state index in [2.05, 4.69) is 38.3 Å². The largest absolute Gasteiger partial charge is 0.345 e. The third-order valence-corrected chi connectivity index (χ3v) is 4.33. The molecule has 2 rings (SSSR count). The summed E-state index contributed by atoms with van der Waals surface area (Å²) in [7, 11) is 0. The maximum atomic E-state index is 11.9. The third-order valence-electron chi connectivity index (χ3n) is 4.33. The second-order valence-electron chi connectivity index (χ2n) is 5.89. The number of fused-ring (bicyclic) bond motifs is 1. The molecule has 1 heterocycles. The van der Waals surface area contributed by atoms with Gasteiger partial charge in [-0.05, 0) is 45.1 Å². The summed E-state index contributed by atoms with van der Waals surface area (Å²) in [6.45, 7) is 8.99.